The predicted octanol–water partition coefficient (Wildman–Crippen LogP) is 1.03. The predicted molar refractivity (Wildman–Crippen MR) is 34.8 cm³/mol. The third-order valence-corrected chi connectivity index (χ3v) is 2.79. The summed E-state index contributed by atoms with van der Waals surface area (Å²) in [6.07, 6.45) is 0. The van der Waals surface area contributed by atoms with Gasteiger partial charge < -0.3 is 0 Å². The fraction of sp³-hybridized carbons (Fsp3) is 0. The highest BCUT2D eigenvalue weighted by molar-refractivity contribution is 14.1. The van der Waals surface area contributed by atoms with Crippen LogP contribution in [0.2, 0.25) is 0 Å². The Morgan fingerprint density at radius 1 is 2.00 bits per heavy atom. The molecule has 0 aliphatic rings. The molecule has 0 heterocycles. The highest BCUT2D eigenvalue weighted by Crippen LogP contribution is 1.91. The van der Waals surface area contributed by atoms with E-state index in [1.165, 1.54) is 0 Å². The molecule has 0 saturated heterocycles. The van der Waals surface area contributed by atoms with Gasteiger partial charge in [0.25, 0.3) is 4.86 Å². The van der Waals surface area contributed by atoms with E-state index in [1.807, 2.05) is 22.4 Å². The van der Waals surface area contributed by atoms with Crippen LogP contribution in [0.4, 0.5) is 0 Å². The fourth-order valence-corrected chi connectivity index (χ4v) is 0.982. The summed E-state index contributed by atoms with van der Waals surface area (Å²) in [7, 11) is 1.36. The molecule has 0 spiro atoms. The van der Waals surface area contributed by atoms with Crippen molar-refractivity contribution in [3.05, 3.63) is 0 Å². The molecule has 5 heteroatoms. The molecule has 0 unspecified atom stereocenters. The van der Waals surface area contributed by atoms with E-state index in [0.29, 0.717) is 10.8 Å². The Balaban J connectivity index is 2.93. The average Bonchev–Trinajstić information content (AvgIpc) is 1.41. The lowest BCUT2D eigenvalue weighted by atomic mass is 10.8. The van der Waals surface area contributed by atoms with Crippen LogP contribution in [0.5, 0.6) is 0 Å². The maximum absolute atomic E-state index is 9.40. The molecular formula is BIOPS. The van der Waals surface area contributed by atoms with E-state index in [0.717, 1.165) is 7.23 Å². The van der Waals surface area contributed by atoms with E-state index in [9.17, 15) is 4.21 Å². The zero-order valence-corrected chi connectivity index (χ0v) is 6.09. The molecule has 0 aromatic carbocycles. The summed E-state index contributed by atoms with van der Waals surface area (Å²) in [5, 5.41) is 0. The molecular weight excluding hydrogens is 217 g/mol. The van der Waals surface area contributed by atoms with Crippen LogP contribution in [0.1, 0.15) is 0 Å². The van der Waals surface area contributed by atoms with E-state index in [1.54, 1.807) is 4.86 Å². The molecule has 0 aromatic heterocycles. The van der Waals surface area contributed by atoms with E-state index in [-0.39, 0.29) is 0 Å². The van der Waals surface area contributed by atoms with Gasteiger partial charge in [-0.1, -0.05) is 0 Å². The van der Waals surface area contributed by atoms with E-state index < -0.39 is 0 Å². The van der Waals surface area contributed by atoms with Gasteiger partial charge in [0.2, 0.25) is 0 Å². The van der Waals surface area contributed by atoms with Crippen LogP contribution < -0.4 is 0 Å². The van der Waals surface area contributed by atoms with Crippen molar-refractivity contribution in [3.63, 3.8) is 0 Å². The van der Waals surface area contributed by atoms with Gasteiger partial charge in [-0.3, -0.25) is 0 Å². The summed E-state index contributed by atoms with van der Waals surface area (Å²) in [6, 6.07) is 0. The monoisotopic (exact) mass is 217 g/mol. The third-order valence-electron chi connectivity index (χ3n) is 0.0829. The minimum Gasteiger partial charge on any atom is -0.209 e. The van der Waals surface area contributed by atoms with Crippen LogP contribution >= 0.6 is 29.6 Å². The Labute approximate surface area is 49.5 Å². The van der Waals surface area contributed by atoms with Gasteiger partial charge in [0.05, 0.1) is 0 Å². The number of halogens is 1. The molecule has 1 radical (unpaired) electrons. The molecule has 0 atom stereocenters. The highest BCUT2D eigenvalue weighted by Gasteiger charge is 1.64. The van der Waals surface area contributed by atoms with Crippen molar-refractivity contribution in [2.75, 3.05) is 0 Å². The summed E-state index contributed by atoms with van der Waals surface area (Å²) in [5.41, 5.74) is 0. The van der Waals surface area contributed by atoms with Crippen molar-refractivity contribution >= 4 is 45.3 Å². The van der Waals surface area contributed by atoms with Crippen LogP contribution in [0.25, 0.3) is 0 Å². The van der Waals surface area contributed by atoms with Crippen molar-refractivity contribution in [1.29, 1.82) is 0 Å². The SMILES string of the molecule is O=S=P[B]I. The summed E-state index contributed by atoms with van der Waals surface area (Å²) < 4.78 is 9.40. The van der Waals surface area contributed by atoms with Crippen molar-refractivity contribution in [2.45, 2.75) is 0 Å². The maximum Gasteiger partial charge on any atom is 0.286 e. The fourth-order valence-electron chi connectivity index (χ4n) is 0.0163. The average molecular weight is 217 g/mol. The van der Waals surface area contributed by atoms with Crippen LogP contribution in [-0.2, 0) is 10.8 Å². The van der Waals surface area contributed by atoms with Crippen molar-refractivity contribution in [2.24, 2.45) is 0 Å². The molecule has 27 valence electrons. The molecule has 0 N–H and O–H groups in total. The second kappa shape index (κ2) is 5.11. The normalized spacial score (nSPS) is 7.40. The minimum absolute atomic E-state index is 0.561. The Kier molecular flexibility index (Phi) is 6.26. The smallest absolute Gasteiger partial charge is 0.209 e. The first-order chi connectivity index (χ1) is 2.41. The Hall–Kier alpha value is 1.11. The van der Waals surface area contributed by atoms with Gasteiger partial charge in [0.1, 0.15) is 10.8 Å². The maximum atomic E-state index is 9.40. The first kappa shape index (κ1) is 6.11. The Morgan fingerprint density at radius 2 is 2.60 bits per heavy atom. The summed E-state index contributed by atoms with van der Waals surface area (Å²) in [6.45, 7) is 0. The summed E-state index contributed by atoms with van der Waals surface area (Å²) in [5.74, 6) is 0. The van der Waals surface area contributed by atoms with E-state index in [4.69, 9.17) is 0 Å². The van der Waals surface area contributed by atoms with Gasteiger partial charge in [-0.15, -0.1) is 22.4 Å². The third kappa shape index (κ3) is 5.11. The number of hydrogen-bond donors (Lipinski definition) is 0. The zero-order chi connectivity index (χ0) is 4.12. The molecule has 0 amide bonds. The van der Waals surface area contributed by atoms with Crippen molar-refractivity contribution < 1.29 is 4.21 Å². The largest absolute Gasteiger partial charge is 0.286 e. The molecule has 0 aliphatic heterocycles. The molecule has 0 bridgehead atoms. The molecule has 0 aliphatic carbocycles. The quantitative estimate of drug-likeness (QED) is 0.364. The Bertz CT molecular complexity index is 58.7. The molecule has 0 saturated carbocycles. The van der Waals surface area contributed by atoms with Crippen molar-refractivity contribution in [3.8, 4) is 0 Å². The van der Waals surface area contributed by atoms with Gasteiger partial charge in [0.15, 0.2) is 0 Å². The lowest BCUT2D eigenvalue weighted by molar-refractivity contribution is 0.701. The zero-order valence-electron chi connectivity index (χ0n) is 2.22. The van der Waals surface area contributed by atoms with Gasteiger partial charge in [0, 0.05) is 0 Å². The van der Waals surface area contributed by atoms with Gasteiger partial charge in [-0.2, -0.15) is 0 Å². The number of hydrogen-bond acceptors (Lipinski definition) is 1. The topological polar surface area (TPSA) is 17.1 Å². The van der Waals surface area contributed by atoms with Crippen LogP contribution in [0.15, 0.2) is 0 Å². The lowest BCUT2D eigenvalue weighted by Crippen LogP contribution is -1.40. The standard InChI is InChI=1S/BIOPS/c2-1-4-5-3. The highest BCUT2D eigenvalue weighted by atomic mass is 127. The second-order valence-electron chi connectivity index (χ2n) is 0.278. The number of rotatable bonds is 1. The first-order valence-corrected chi connectivity index (χ1v) is 4.38. The first-order valence-electron chi connectivity index (χ1n) is 0.826. The van der Waals surface area contributed by atoms with Gasteiger partial charge >= 0.3 is 0 Å². The molecule has 0 fully saturated rings. The van der Waals surface area contributed by atoms with E-state index in [2.05, 4.69) is 0 Å². The minimum atomic E-state index is 0.561. The second-order valence-corrected chi connectivity index (χ2v) is 3.58. The summed E-state index contributed by atoms with van der Waals surface area (Å²) >= 11 is 2.03. The molecule has 0 aromatic rings. The Morgan fingerprint density at radius 3 is 2.60 bits per heavy atom. The molecule has 1 nitrogen and oxygen atoms in total. The molecule has 5 heavy (non-hydrogen) atoms. The van der Waals surface area contributed by atoms with Crippen LogP contribution in [0, 0.1) is 0 Å². The van der Waals surface area contributed by atoms with Gasteiger partial charge in [-0.25, -0.2) is 4.21 Å². The van der Waals surface area contributed by atoms with Crippen LogP contribution in [0.3, 0.4) is 0 Å². The lowest BCUT2D eigenvalue weighted by Gasteiger charge is -1.47. The van der Waals surface area contributed by atoms with Gasteiger partial charge in [-0.05, 0) is 7.23 Å². The van der Waals surface area contributed by atoms with Crippen LogP contribution in [-0.4, -0.2) is 9.06 Å². The molecule has 0 rings (SSSR count). The van der Waals surface area contributed by atoms with Crippen molar-refractivity contribution in [1.82, 2.24) is 0 Å². The summed E-state index contributed by atoms with van der Waals surface area (Å²) in [4.78, 5) is 1.77. The van der Waals surface area contributed by atoms with E-state index >= 15 is 0 Å².